The van der Waals surface area contributed by atoms with Crippen molar-refractivity contribution in [3.63, 3.8) is 0 Å². The lowest BCUT2D eigenvalue weighted by Crippen LogP contribution is -2.30. The van der Waals surface area contributed by atoms with Crippen LogP contribution in [0, 0.1) is 0 Å². The molecule has 0 unspecified atom stereocenters. The van der Waals surface area contributed by atoms with Gasteiger partial charge in [-0.05, 0) is 12.1 Å². The maximum absolute atomic E-state index is 5.71. The number of imidazole rings is 1. The van der Waals surface area contributed by atoms with E-state index < -0.39 is 0 Å². The Morgan fingerprint density at radius 3 is 3.24 bits per heavy atom. The summed E-state index contributed by atoms with van der Waals surface area (Å²) in [5.74, 6) is 1.13. The summed E-state index contributed by atoms with van der Waals surface area (Å²) < 4.78 is 5.71. The van der Waals surface area contributed by atoms with Crippen molar-refractivity contribution >= 4 is 0 Å². The number of nitrogens with zero attached hydrogens (tertiary/aromatic N) is 5. The highest BCUT2D eigenvalue weighted by atomic mass is 16.4. The molecule has 0 saturated carbocycles. The number of H-pyrrole nitrogens is 1. The van der Waals surface area contributed by atoms with Gasteiger partial charge < -0.3 is 9.40 Å². The molecule has 0 aliphatic carbocycles. The first-order valence-electron chi connectivity index (χ1n) is 6.85. The van der Waals surface area contributed by atoms with Crippen LogP contribution in [0.3, 0.4) is 0 Å². The molecule has 0 spiro atoms. The molecule has 3 aromatic heterocycles. The molecule has 3 aromatic rings. The van der Waals surface area contributed by atoms with E-state index in [1.165, 1.54) is 5.69 Å². The number of fused-ring (bicyclic) bond motifs is 1. The van der Waals surface area contributed by atoms with Crippen molar-refractivity contribution in [1.29, 1.82) is 0 Å². The monoisotopic (exact) mass is 282 g/mol. The molecule has 0 aromatic carbocycles. The molecule has 4 heterocycles. The van der Waals surface area contributed by atoms with E-state index in [1.807, 2.05) is 12.1 Å². The Bertz CT molecular complexity index is 735. The van der Waals surface area contributed by atoms with Gasteiger partial charge in [0.2, 0.25) is 11.8 Å². The minimum atomic E-state index is 0.511. The van der Waals surface area contributed by atoms with Crippen LogP contribution in [0.15, 0.2) is 35.3 Å². The standard InChI is InChI=1S/C14H14N6O/c1-2-10(6-15-4-1)14-19-18-13(21-14)8-20-5-3-11-12(7-20)17-9-16-11/h1-2,4,6,9H,3,5,7-8H2,(H,16,17). The van der Waals surface area contributed by atoms with Crippen LogP contribution in [0.4, 0.5) is 0 Å². The van der Waals surface area contributed by atoms with Crippen LogP contribution in [-0.2, 0) is 19.5 Å². The summed E-state index contributed by atoms with van der Waals surface area (Å²) in [5.41, 5.74) is 3.17. The zero-order chi connectivity index (χ0) is 14.1. The fourth-order valence-electron chi connectivity index (χ4n) is 2.52. The molecule has 0 saturated heterocycles. The van der Waals surface area contributed by atoms with Gasteiger partial charge in [0.15, 0.2) is 0 Å². The number of rotatable bonds is 3. The smallest absolute Gasteiger partial charge is 0.249 e. The summed E-state index contributed by atoms with van der Waals surface area (Å²) in [6.45, 7) is 2.42. The SMILES string of the molecule is c1cncc(-c2nnc(CN3CCc4nc[nH]c4C3)o2)c1. The minimum absolute atomic E-state index is 0.511. The largest absolute Gasteiger partial charge is 0.419 e. The Hall–Kier alpha value is -2.54. The van der Waals surface area contributed by atoms with E-state index in [0.29, 0.717) is 18.3 Å². The van der Waals surface area contributed by atoms with Gasteiger partial charge in [0.25, 0.3) is 0 Å². The summed E-state index contributed by atoms with van der Waals surface area (Å²) in [4.78, 5) is 13.8. The number of hydrogen-bond acceptors (Lipinski definition) is 6. The van der Waals surface area contributed by atoms with Gasteiger partial charge in [0.1, 0.15) is 0 Å². The summed E-state index contributed by atoms with van der Waals surface area (Å²) in [6, 6.07) is 3.76. The number of nitrogens with one attached hydrogen (secondary N) is 1. The van der Waals surface area contributed by atoms with Crippen molar-refractivity contribution in [3.05, 3.63) is 48.1 Å². The average Bonchev–Trinajstić information content (AvgIpc) is 3.17. The lowest BCUT2D eigenvalue weighted by atomic mass is 10.1. The molecule has 4 rings (SSSR count). The van der Waals surface area contributed by atoms with Crippen LogP contribution in [0.25, 0.3) is 11.5 Å². The minimum Gasteiger partial charge on any atom is -0.419 e. The maximum atomic E-state index is 5.71. The summed E-state index contributed by atoms with van der Waals surface area (Å²) in [6.07, 6.45) is 6.13. The molecule has 106 valence electrons. The Morgan fingerprint density at radius 2 is 2.33 bits per heavy atom. The Balaban J connectivity index is 1.48. The van der Waals surface area contributed by atoms with E-state index in [-0.39, 0.29) is 0 Å². The van der Waals surface area contributed by atoms with Crippen molar-refractivity contribution in [3.8, 4) is 11.5 Å². The van der Waals surface area contributed by atoms with Gasteiger partial charge in [0.05, 0.1) is 29.8 Å². The summed E-state index contributed by atoms with van der Waals surface area (Å²) >= 11 is 0. The van der Waals surface area contributed by atoms with Crippen LogP contribution in [0.2, 0.25) is 0 Å². The molecule has 0 radical (unpaired) electrons. The van der Waals surface area contributed by atoms with Crippen LogP contribution < -0.4 is 0 Å². The quantitative estimate of drug-likeness (QED) is 0.782. The second-order valence-electron chi connectivity index (χ2n) is 5.03. The van der Waals surface area contributed by atoms with Crippen LogP contribution in [0.1, 0.15) is 17.3 Å². The Morgan fingerprint density at radius 1 is 1.33 bits per heavy atom. The van der Waals surface area contributed by atoms with Crippen LogP contribution in [-0.4, -0.2) is 36.6 Å². The molecule has 7 nitrogen and oxygen atoms in total. The highest BCUT2D eigenvalue weighted by Crippen LogP contribution is 2.19. The Kier molecular flexibility index (Phi) is 2.97. The van der Waals surface area contributed by atoms with E-state index >= 15 is 0 Å². The molecule has 1 aliphatic heterocycles. The average molecular weight is 282 g/mol. The molecule has 0 amide bonds. The topological polar surface area (TPSA) is 83.7 Å². The van der Waals surface area contributed by atoms with E-state index in [9.17, 15) is 0 Å². The van der Waals surface area contributed by atoms with E-state index in [4.69, 9.17) is 4.42 Å². The van der Waals surface area contributed by atoms with Gasteiger partial charge in [-0.3, -0.25) is 9.88 Å². The zero-order valence-electron chi connectivity index (χ0n) is 11.4. The van der Waals surface area contributed by atoms with Gasteiger partial charge >= 0.3 is 0 Å². The van der Waals surface area contributed by atoms with Crippen LogP contribution in [0.5, 0.6) is 0 Å². The van der Waals surface area contributed by atoms with Crippen molar-refractivity contribution < 1.29 is 4.42 Å². The first-order valence-corrected chi connectivity index (χ1v) is 6.85. The molecule has 0 bridgehead atoms. The van der Waals surface area contributed by atoms with Gasteiger partial charge in [-0.2, -0.15) is 0 Å². The summed E-state index contributed by atoms with van der Waals surface area (Å²) in [5, 5.41) is 8.20. The normalized spacial score (nSPS) is 15.0. The molecule has 7 heteroatoms. The highest BCUT2D eigenvalue weighted by Gasteiger charge is 2.20. The van der Waals surface area contributed by atoms with Gasteiger partial charge in [-0.25, -0.2) is 4.98 Å². The first-order chi connectivity index (χ1) is 10.4. The van der Waals surface area contributed by atoms with E-state index in [0.717, 1.165) is 30.8 Å². The predicted molar refractivity (Wildman–Crippen MR) is 73.9 cm³/mol. The fourth-order valence-corrected chi connectivity index (χ4v) is 2.52. The van der Waals surface area contributed by atoms with Crippen molar-refractivity contribution in [1.82, 2.24) is 30.0 Å². The molecule has 0 atom stereocenters. The zero-order valence-corrected chi connectivity index (χ0v) is 11.4. The van der Waals surface area contributed by atoms with Crippen LogP contribution >= 0.6 is 0 Å². The molecule has 21 heavy (non-hydrogen) atoms. The first kappa shape index (κ1) is 12.2. The second-order valence-corrected chi connectivity index (χ2v) is 5.03. The van der Waals surface area contributed by atoms with Crippen molar-refractivity contribution in [2.75, 3.05) is 6.54 Å². The number of aromatic nitrogens is 5. The Labute approximate surface area is 121 Å². The number of hydrogen-bond donors (Lipinski definition) is 1. The fraction of sp³-hybridized carbons (Fsp3) is 0.286. The maximum Gasteiger partial charge on any atom is 0.249 e. The highest BCUT2D eigenvalue weighted by molar-refractivity contribution is 5.49. The molecular weight excluding hydrogens is 268 g/mol. The molecule has 0 fully saturated rings. The number of aromatic amines is 1. The number of pyridine rings is 1. The molecule has 1 aliphatic rings. The molecular formula is C14H14N6O. The summed E-state index contributed by atoms with van der Waals surface area (Å²) in [7, 11) is 0. The third-order valence-electron chi connectivity index (χ3n) is 3.59. The second kappa shape index (κ2) is 5.10. The predicted octanol–water partition coefficient (Wildman–Crippen LogP) is 1.41. The van der Waals surface area contributed by atoms with Gasteiger partial charge in [0, 0.05) is 31.9 Å². The molecule has 1 N–H and O–H groups in total. The van der Waals surface area contributed by atoms with Gasteiger partial charge in [-0.15, -0.1) is 10.2 Å². The van der Waals surface area contributed by atoms with Crippen molar-refractivity contribution in [2.45, 2.75) is 19.5 Å². The van der Waals surface area contributed by atoms with Crippen molar-refractivity contribution in [2.24, 2.45) is 0 Å². The van der Waals surface area contributed by atoms with E-state index in [1.54, 1.807) is 18.7 Å². The van der Waals surface area contributed by atoms with E-state index in [2.05, 4.69) is 30.0 Å². The van der Waals surface area contributed by atoms with Gasteiger partial charge in [-0.1, -0.05) is 0 Å². The third-order valence-corrected chi connectivity index (χ3v) is 3.59. The lowest BCUT2D eigenvalue weighted by molar-refractivity contribution is 0.218. The lowest BCUT2D eigenvalue weighted by Gasteiger charge is -2.24. The third kappa shape index (κ3) is 2.43.